The lowest BCUT2D eigenvalue weighted by molar-refractivity contribution is -0.113. The summed E-state index contributed by atoms with van der Waals surface area (Å²) in [5.41, 5.74) is 8.41. The number of rotatable bonds is 2. The molecule has 0 fully saturated rings. The van der Waals surface area contributed by atoms with E-state index in [1.165, 1.54) is 11.6 Å². The summed E-state index contributed by atoms with van der Waals surface area (Å²) in [5.74, 6) is -0.416. The lowest BCUT2D eigenvalue weighted by atomic mass is 10.1. The van der Waals surface area contributed by atoms with Gasteiger partial charge in [0.25, 0.3) is 0 Å². The van der Waals surface area contributed by atoms with E-state index in [9.17, 15) is 4.79 Å². The second kappa shape index (κ2) is 2.90. The van der Waals surface area contributed by atoms with Crippen molar-refractivity contribution in [1.29, 1.82) is 0 Å². The van der Waals surface area contributed by atoms with E-state index in [-0.39, 0.29) is 0 Å². The summed E-state index contributed by atoms with van der Waals surface area (Å²) in [5, 5.41) is 0. The predicted octanol–water partition coefficient (Wildman–Crippen LogP) is 1.39. The van der Waals surface area contributed by atoms with E-state index in [1.807, 2.05) is 30.4 Å². The zero-order chi connectivity index (χ0) is 9.26. The SMILES string of the molecule is NC(=O)C=CC1=C2C=CC=C2C=C1. The molecule has 2 N–H and O–H groups in total. The van der Waals surface area contributed by atoms with Crippen LogP contribution in [0.5, 0.6) is 0 Å². The Labute approximate surface area is 76.4 Å². The van der Waals surface area contributed by atoms with Gasteiger partial charge in [-0.25, -0.2) is 0 Å². The molecule has 0 aromatic rings. The minimum absolute atomic E-state index is 0.416. The fourth-order valence-corrected chi connectivity index (χ4v) is 1.43. The van der Waals surface area contributed by atoms with Gasteiger partial charge in [-0.05, 0) is 22.8 Å². The van der Waals surface area contributed by atoms with Crippen molar-refractivity contribution in [2.24, 2.45) is 5.73 Å². The topological polar surface area (TPSA) is 43.1 Å². The van der Waals surface area contributed by atoms with E-state index >= 15 is 0 Å². The number of nitrogens with two attached hydrogens (primary N) is 1. The zero-order valence-corrected chi connectivity index (χ0v) is 7.03. The first-order valence-corrected chi connectivity index (χ1v) is 4.06. The van der Waals surface area contributed by atoms with Crippen LogP contribution in [0.2, 0.25) is 0 Å². The van der Waals surface area contributed by atoms with E-state index in [4.69, 9.17) is 5.73 Å². The van der Waals surface area contributed by atoms with E-state index in [0.717, 1.165) is 11.1 Å². The molecule has 0 radical (unpaired) electrons. The monoisotopic (exact) mass is 171 g/mol. The number of carbonyl (C=O) groups excluding carboxylic acids is 1. The molecule has 2 rings (SSSR count). The van der Waals surface area contributed by atoms with Crippen molar-refractivity contribution >= 4 is 5.91 Å². The molecule has 0 spiro atoms. The van der Waals surface area contributed by atoms with Gasteiger partial charge >= 0.3 is 0 Å². The quantitative estimate of drug-likeness (QED) is 0.627. The highest BCUT2D eigenvalue weighted by molar-refractivity contribution is 5.86. The Balaban J connectivity index is 2.30. The Morgan fingerprint density at radius 1 is 1.31 bits per heavy atom. The molecule has 0 atom stereocenters. The normalized spacial score (nSPS) is 18.6. The van der Waals surface area contributed by atoms with Crippen molar-refractivity contribution in [3.05, 3.63) is 59.3 Å². The highest BCUT2D eigenvalue weighted by Gasteiger charge is 2.11. The van der Waals surface area contributed by atoms with E-state index in [2.05, 4.69) is 0 Å². The molecular formula is C11H9NO. The third-order valence-corrected chi connectivity index (χ3v) is 2.03. The number of fused-ring (bicyclic) bond motifs is 1. The average Bonchev–Trinajstić information content (AvgIpc) is 2.60. The van der Waals surface area contributed by atoms with Crippen LogP contribution in [0.4, 0.5) is 0 Å². The molecule has 0 saturated heterocycles. The Bertz CT molecular complexity index is 406. The summed E-state index contributed by atoms with van der Waals surface area (Å²) in [6, 6.07) is 0. The maximum Gasteiger partial charge on any atom is 0.241 e. The van der Waals surface area contributed by atoms with Gasteiger partial charge in [0.15, 0.2) is 0 Å². The maximum absolute atomic E-state index is 10.5. The van der Waals surface area contributed by atoms with Gasteiger partial charge in [0, 0.05) is 6.08 Å². The molecule has 2 nitrogen and oxygen atoms in total. The third kappa shape index (κ3) is 1.38. The molecular weight excluding hydrogens is 162 g/mol. The van der Waals surface area contributed by atoms with Crippen LogP contribution in [0.3, 0.4) is 0 Å². The highest BCUT2D eigenvalue weighted by Crippen LogP contribution is 2.30. The number of allylic oxidation sites excluding steroid dienone is 9. The lowest BCUT2D eigenvalue weighted by Gasteiger charge is -1.93. The Morgan fingerprint density at radius 3 is 2.92 bits per heavy atom. The van der Waals surface area contributed by atoms with E-state index in [1.54, 1.807) is 6.08 Å². The summed E-state index contributed by atoms with van der Waals surface area (Å²) in [6.07, 6.45) is 13.2. The second-order valence-electron chi connectivity index (χ2n) is 2.92. The van der Waals surface area contributed by atoms with Crippen LogP contribution in [0.15, 0.2) is 59.3 Å². The minimum Gasteiger partial charge on any atom is -0.366 e. The van der Waals surface area contributed by atoms with Crippen molar-refractivity contribution in [1.82, 2.24) is 0 Å². The largest absolute Gasteiger partial charge is 0.366 e. The summed E-state index contributed by atoms with van der Waals surface area (Å²) < 4.78 is 0. The first kappa shape index (κ1) is 7.80. The minimum atomic E-state index is -0.416. The molecule has 1 amide bonds. The van der Waals surface area contributed by atoms with E-state index < -0.39 is 5.91 Å². The molecule has 0 bridgehead atoms. The van der Waals surface area contributed by atoms with Crippen molar-refractivity contribution in [2.45, 2.75) is 0 Å². The Kier molecular flexibility index (Phi) is 1.74. The summed E-state index contributed by atoms with van der Waals surface area (Å²) in [6.45, 7) is 0. The Morgan fingerprint density at radius 2 is 2.15 bits per heavy atom. The number of amides is 1. The number of carbonyl (C=O) groups is 1. The molecule has 0 saturated carbocycles. The molecule has 0 aliphatic heterocycles. The molecule has 0 aromatic heterocycles. The third-order valence-electron chi connectivity index (χ3n) is 2.03. The van der Waals surface area contributed by atoms with Crippen molar-refractivity contribution in [3.8, 4) is 0 Å². The number of primary amides is 1. The van der Waals surface area contributed by atoms with Gasteiger partial charge in [0.1, 0.15) is 0 Å². The zero-order valence-electron chi connectivity index (χ0n) is 7.03. The standard InChI is InChI=1S/C11H9NO/c12-11(13)7-6-9-5-4-8-2-1-3-10(8)9/h1-7H,(H2,12,13). The molecule has 2 heteroatoms. The van der Waals surface area contributed by atoms with Gasteiger partial charge in [-0.15, -0.1) is 0 Å². The molecule has 0 heterocycles. The summed E-state index contributed by atoms with van der Waals surface area (Å²) in [4.78, 5) is 10.5. The van der Waals surface area contributed by atoms with Crippen LogP contribution in [0.25, 0.3) is 0 Å². The maximum atomic E-state index is 10.5. The van der Waals surface area contributed by atoms with E-state index in [0.29, 0.717) is 0 Å². The van der Waals surface area contributed by atoms with Crippen molar-refractivity contribution in [3.63, 3.8) is 0 Å². The van der Waals surface area contributed by atoms with Gasteiger partial charge in [0.2, 0.25) is 5.91 Å². The molecule has 0 aromatic carbocycles. The smallest absolute Gasteiger partial charge is 0.241 e. The first-order chi connectivity index (χ1) is 6.27. The van der Waals surface area contributed by atoms with Gasteiger partial charge in [0.05, 0.1) is 0 Å². The fraction of sp³-hybridized carbons (Fsp3) is 0. The van der Waals surface area contributed by atoms with Crippen LogP contribution < -0.4 is 5.73 Å². The summed E-state index contributed by atoms with van der Waals surface area (Å²) in [7, 11) is 0. The molecule has 2 aliphatic rings. The van der Waals surface area contributed by atoms with Crippen LogP contribution in [-0.2, 0) is 4.79 Å². The second-order valence-corrected chi connectivity index (χ2v) is 2.92. The molecule has 64 valence electrons. The van der Waals surface area contributed by atoms with Gasteiger partial charge < -0.3 is 5.73 Å². The van der Waals surface area contributed by atoms with Crippen LogP contribution in [-0.4, -0.2) is 5.91 Å². The van der Waals surface area contributed by atoms with Crippen molar-refractivity contribution < 1.29 is 4.79 Å². The van der Waals surface area contributed by atoms with Gasteiger partial charge in [-0.1, -0.05) is 30.4 Å². The highest BCUT2D eigenvalue weighted by atomic mass is 16.1. The van der Waals surface area contributed by atoms with Crippen LogP contribution in [0.1, 0.15) is 0 Å². The summed E-state index contributed by atoms with van der Waals surface area (Å²) >= 11 is 0. The predicted molar refractivity (Wildman–Crippen MR) is 51.7 cm³/mol. The number of hydrogen-bond donors (Lipinski definition) is 1. The number of hydrogen-bond acceptors (Lipinski definition) is 1. The van der Waals surface area contributed by atoms with Gasteiger partial charge in [-0.2, -0.15) is 0 Å². The molecule has 2 aliphatic carbocycles. The lowest BCUT2D eigenvalue weighted by Crippen LogP contribution is -2.05. The Hall–Kier alpha value is -1.83. The molecule has 13 heavy (non-hydrogen) atoms. The molecule has 0 unspecified atom stereocenters. The fourth-order valence-electron chi connectivity index (χ4n) is 1.43. The van der Waals surface area contributed by atoms with Crippen LogP contribution in [0, 0.1) is 0 Å². The van der Waals surface area contributed by atoms with Gasteiger partial charge in [-0.3, -0.25) is 4.79 Å². The first-order valence-electron chi connectivity index (χ1n) is 4.06. The average molecular weight is 171 g/mol. The van der Waals surface area contributed by atoms with Crippen molar-refractivity contribution in [2.75, 3.05) is 0 Å². The van der Waals surface area contributed by atoms with Crippen LogP contribution >= 0.6 is 0 Å².